The summed E-state index contributed by atoms with van der Waals surface area (Å²) in [6, 6.07) is 8.05. The van der Waals surface area contributed by atoms with E-state index in [9.17, 15) is 4.79 Å². The van der Waals surface area contributed by atoms with E-state index in [4.69, 9.17) is 4.98 Å². The molecule has 0 saturated carbocycles. The van der Waals surface area contributed by atoms with E-state index in [0.717, 1.165) is 48.5 Å². The lowest BCUT2D eigenvalue weighted by Gasteiger charge is -2.33. The number of amides is 1. The summed E-state index contributed by atoms with van der Waals surface area (Å²) in [6.07, 6.45) is 6.29. The molecule has 132 valence electrons. The summed E-state index contributed by atoms with van der Waals surface area (Å²) in [7, 11) is 0. The van der Waals surface area contributed by atoms with Crippen LogP contribution in [0, 0.1) is 6.92 Å². The Hall–Kier alpha value is -3.09. The topological polar surface area (TPSA) is 83.9 Å². The first-order valence-corrected chi connectivity index (χ1v) is 8.76. The number of anilines is 1. The largest absolute Gasteiger partial charge is 0.355 e. The minimum absolute atomic E-state index is 0.134. The number of rotatable bonds is 3. The number of benzene rings is 1. The molecule has 3 aromatic rings. The maximum absolute atomic E-state index is 12.2. The second-order valence-corrected chi connectivity index (χ2v) is 6.45. The predicted octanol–water partition coefficient (Wildman–Crippen LogP) is 2.13. The highest BCUT2D eigenvalue weighted by Crippen LogP contribution is 2.23. The molecule has 1 amide bonds. The molecular formula is C19H20N6O. The molecule has 2 aromatic heterocycles. The Labute approximate surface area is 151 Å². The number of aromatic nitrogens is 4. The van der Waals surface area contributed by atoms with Gasteiger partial charge in [-0.05, 0) is 31.9 Å². The lowest BCUT2D eigenvalue weighted by Crippen LogP contribution is -2.45. The fourth-order valence-electron chi connectivity index (χ4n) is 3.29. The molecule has 0 radical (unpaired) electrons. The molecule has 0 aliphatic carbocycles. The summed E-state index contributed by atoms with van der Waals surface area (Å²) in [5.74, 6) is 0.764. The van der Waals surface area contributed by atoms with Gasteiger partial charge in [-0.2, -0.15) is 0 Å². The van der Waals surface area contributed by atoms with Crippen LogP contribution in [0.2, 0.25) is 0 Å². The van der Waals surface area contributed by atoms with Crippen molar-refractivity contribution in [2.75, 3.05) is 18.0 Å². The van der Waals surface area contributed by atoms with Gasteiger partial charge in [0, 0.05) is 31.5 Å². The number of piperidine rings is 1. The fourth-order valence-corrected chi connectivity index (χ4v) is 3.29. The van der Waals surface area contributed by atoms with Gasteiger partial charge >= 0.3 is 0 Å². The quantitative estimate of drug-likeness (QED) is 0.781. The molecule has 1 aliphatic heterocycles. The summed E-state index contributed by atoms with van der Waals surface area (Å²) >= 11 is 0. The minimum Gasteiger partial charge on any atom is -0.355 e. The Kier molecular flexibility index (Phi) is 4.43. The molecule has 7 heteroatoms. The number of fused-ring (bicyclic) bond motifs is 1. The van der Waals surface area contributed by atoms with Crippen LogP contribution in [-0.4, -0.2) is 45.0 Å². The number of carbonyl (C=O) groups excluding carboxylic acids is 1. The zero-order valence-electron chi connectivity index (χ0n) is 14.6. The lowest BCUT2D eigenvalue weighted by molar-refractivity contribution is 0.0925. The number of nitrogens with one attached hydrogen (secondary N) is 1. The highest BCUT2D eigenvalue weighted by molar-refractivity contribution is 5.92. The van der Waals surface area contributed by atoms with E-state index < -0.39 is 0 Å². The third-order valence-electron chi connectivity index (χ3n) is 4.65. The van der Waals surface area contributed by atoms with Crippen LogP contribution in [0.1, 0.15) is 29.0 Å². The molecule has 4 rings (SSSR count). The summed E-state index contributed by atoms with van der Waals surface area (Å²) in [4.78, 5) is 31.9. The second kappa shape index (κ2) is 7.03. The molecule has 1 aliphatic rings. The van der Waals surface area contributed by atoms with E-state index in [-0.39, 0.29) is 11.9 Å². The van der Waals surface area contributed by atoms with Gasteiger partial charge in [0.25, 0.3) is 5.91 Å². The first kappa shape index (κ1) is 16.4. The number of nitrogens with zero attached hydrogens (tertiary/aromatic N) is 5. The highest BCUT2D eigenvalue weighted by atomic mass is 16.1. The predicted molar refractivity (Wildman–Crippen MR) is 99.0 cm³/mol. The van der Waals surface area contributed by atoms with Crippen LogP contribution in [0.4, 0.5) is 5.82 Å². The number of hydrogen-bond acceptors (Lipinski definition) is 6. The third-order valence-corrected chi connectivity index (χ3v) is 4.65. The number of carbonyl (C=O) groups is 1. The standard InChI is InChI=1S/C19H20N6O/c1-13-18(24-16-5-3-2-4-15(16)22-13)25-10-6-14(7-11-25)23-19(26)17-12-20-8-9-21-17/h2-5,8-9,12,14H,6-7,10-11H2,1H3,(H,23,26). The Morgan fingerprint density at radius 3 is 2.54 bits per heavy atom. The van der Waals surface area contributed by atoms with E-state index in [1.54, 1.807) is 6.20 Å². The second-order valence-electron chi connectivity index (χ2n) is 6.45. The Morgan fingerprint density at radius 2 is 1.85 bits per heavy atom. The van der Waals surface area contributed by atoms with Crippen molar-refractivity contribution in [1.82, 2.24) is 25.3 Å². The number of aryl methyl sites for hydroxylation is 1. The zero-order valence-corrected chi connectivity index (χ0v) is 14.6. The fraction of sp³-hybridized carbons (Fsp3) is 0.316. The third kappa shape index (κ3) is 3.33. The van der Waals surface area contributed by atoms with Crippen molar-refractivity contribution in [1.29, 1.82) is 0 Å². The van der Waals surface area contributed by atoms with Crippen LogP contribution in [0.3, 0.4) is 0 Å². The van der Waals surface area contributed by atoms with Crippen molar-refractivity contribution in [2.45, 2.75) is 25.8 Å². The molecule has 1 aromatic carbocycles. The first-order chi connectivity index (χ1) is 12.7. The number of para-hydroxylation sites is 2. The van der Waals surface area contributed by atoms with Crippen molar-refractivity contribution in [2.24, 2.45) is 0 Å². The van der Waals surface area contributed by atoms with E-state index in [1.165, 1.54) is 12.4 Å². The van der Waals surface area contributed by atoms with Crippen molar-refractivity contribution in [3.05, 3.63) is 54.2 Å². The average Bonchev–Trinajstić information content (AvgIpc) is 2.69. The minimum atomic E-state index is -0.168. The monoisotopic (exact) mass is 348 g/mol. The highest BCUT2D eigenvalue weighted by Gasteiger charge is 2.23. The molecule has 0 bridgehead atoms. The maximum Gasteiger partial charge on any atom is 0.271 e. The zero-order chi connectivity index (χ0) is 17.9. The van der Waals surface area contributed by atoms with Gasteiger partial charge in [0.1, 0.15) is 5.69 Å². The summed E-state index contributed by atoms with van der Waals surface area (Å²) in [5, 5.41) is 3.05. The first-order valence-electron chi connectivity index (χ1n) is 8.76. The van der Waals surface area contributed by atoms with Crippen LogP contribution >= 0.6 is 0 Å². The molecule has 3 heterocycles. The van der Waals surface area contributed by atoms with Crippen LogP contribution < -0.4 is 10.2 Å². The van der Waals surface area contributed by atoms with Gasteiger partial charge in [-0.3, -0.25) is 9.78 Å². The van der Waals surface area contributed by atoms with Crippen molar-refractivity contribution in [3.63, 3.8) is 0 Å². The van der Waals surface area contributed by atoms with Gasteiger partial charge in [0.05, 0.1) is 22.9 Å². The smallest absolute Gasteiger partial charge is 0.271 e. The van der Waals surface area contributed by atoms with Crippen LogP contribution in [0.5, 0.6) is 0 Å². The summed E-state index contributed by atoms with van der Waals surface area (Å²) in [5.41, 5.74) is 3.11. The van der Waals surface area contributed by atoms with Crippen LogP contribution in [0.15, 0.2) is 42.9 Å². The molecule has 0 unspecified atom stereocenters. The van der Waals surface area contributed by atoms with E-state index in [1.807, 2.05) is 31.2 Å². The molecule has 7 nitrogen and oxygen atoms in total. The van der Waals surface area contributed by atoms with Crippen molar-refractivity contribution < 1.29 is 4.79 Å². The molecule has 1 N–H and O–H groups in total. The van der Waals surface area contributed by atoms with Gasteiger partial charge in [-0.15, -0.1) is 0 Å². The van der Waals surface area contributed by atoms with Gasteiger partial charge in [-0.25, -0.2) is 15.0 Å². The molecule has 1 fully saturated rings. The van der Waals surface area contributed by atoms with Crippen molar-refractivity contribution >= 4 is 22.8 Å². The summed E-state index contributed by atoms with van der Waals surface area (Å²) in [6.45, 7) is 3.66. The molecule has 1 saturated heterocycles. The average molecular weight is 348 g/mol. The van der Waals surface area contributed by atoms with E-state index >= 15 is 0 Å². The van der Waals surface area contributed by atoms with Crippen molar-refractivity contribution in [3.8, 4) is 0 Å². The Bertz CT molecular complexity index is 922. The lowest BCUT2D eigenvalue weighted by atomic mass is 10.0. The van der Waals surface area contributed by atoms with E-state index in [0.29, 0.717) is 5.69 Å². The molecule has 0 spiro atoms. The molecule has 0 atom stereocenters. The van der Waals surface area contributed by atoms with Gasteiger partial charge in [0.15, 0.2) is 5.82 Å². The maximum atomic E-state index is 12.2. The van der Waals surface area contributed by atoms with E-state index in [2.05, 4.69) is 25.2 Å². The van der Waals surface area contributed by atoms with Gasteiger partial charge in [-0.1, -0.05) is 12.1 Å². The Morgan fingerprint density at radius 1 is 1.12 bits per heavy atom. The molecule has 26 heavy (non-hydrogen) atoms. The Balaban J connectivity index is 1.42. The van der Waals surface area contributed by atoms with Gasteiger partial charge < -0.3 is 10.2 Å². The summed E-state index contributed by atoms with van der Waals surface area (Å²) < 4.78 is 0. The van der Waals surface area contributed by atoms with Gasteiger partial charge in [0.2, 0.25) is 0 Å². The normalized spacial score (nSPS) is 15.2. The molecular weight excluding hydrogens is 328 g/mol. The SMILES string of the molecule is Cc1nc2ccccc2nc1N1CCC(NC(=O)c2cnccn2)CC1. The number of hydrogen-bond donors (Lipinski definition) is 1. The van der Waals surface area contributed by atoms with Crippen LogP contribution in [0.25, 0.3) is 11.0 Å². The van der Waals surface area contributed by atoms with Crippen LogP contribution in [-0.2, 0) is 0 Å².